The quantitative estimate of drug-likeness (QED) is 0.0397. The molecular formula is C42H81N3O4. The van der Waals surface area contributed by atoms with Gasteiger partial charge < -0.3 is 19.7 Å². The van der Waals surface area contributed by atoms with Crippen LogP contribution in [0.2, 0.25) is 0 Å². The molecule has 0 saturated heterocycles. The largest absolute Gasteiger partial charge is 0.466 e. The number of likely N-dealkylation sites (N-methyl/N-ethyl adjacent to an activating group) is 1. The third kappa shape index (κ3) is 38.8. The van der Waals surface area contributed by atoms with Crippen molar-refractivity contribution in [2.45, 2.75) is 174 Å². The van der Waals surface area contributed by atoms with Crippen molar-refractivity contribution in [3.63, 3.8) is 0 Å². The van der Waals surface area contributed by atoms with Gasteiger partial charge in [-0.15, -0.1) is 0 Å². The van der Waals surface area contributed by atoms with Crippen molar-refractivity contribution in [2.24, 2.45) is 0 Å². The van der Waals surface area contributed by atoms with Crippen LogP contribution in [0.4, 0.5) is 4.79 Å². The Morgan fingerprint density at radius 3 is 1.65 bits per heavy atom. The molecule has 1 N–H and O–H groups in total. The molecule has 0 saturated carbocycles. The third-order valence-corrected chi connectivity index (χ3v) is 9.01. The number of carbonyl (C=O) groups is 2. The van der Waals surface area contributed by atoms with Crippen molar-refractivity contribution in [3.05, 3.63) is 24.3 Å². The maximum absolute atomic E-state index is 12.1. The monoisotopic (exact) mass is 692 g/mol. The SMILES string of the molecule is CCCCC/C=C\C/C=C\CCCCCCCCN(CCCCCCOC(=O)CCCCCCCCCC)CCOC(=O)NCCN(C)C. The number of nitrogens with one attached hydrogen (secondary N) is 1. The molecule has 0 rings (SSSR count). The number of amides is 1. The van der Waals surface area contributed by atoms with E-state index in [1.54, 1.807) is 0 Å². The van der Waals surface area contributed by atoms with E-state index in [0.717, 1.165) is 71.1 Å². The Hall–Kier alpha value is -1.86. The summed E-state index contributed by atoms with van der Waals surface area (Å²) in [6.45, 7) is 9.71. The molecule has 0 fully saturated rings. The van der Waals surface area contributed by atoms with Crippen LogP contribution in [0.3, 0.4) is 0 Å². The first-order chi connectivity index (χ1) is 24.0. The molecule has 7 nitrogen and oxygen atoms in total. The van der Waals surface area contributed by atoms with Crippen LogP contribution >= 0.6 is 0 Å². The molecule has 1 amide bonds. The molecule has 0 radical (unpaired) electrons. The van der Waals surface area contributed by atoms with E-state index < -0.39 is 0 Å². The van der Waals surface area contributed by atoms with E-state index >= 15 is 0 Å². The van der Waals surface area contributed by atoms with Crippen LogP contribution in [0.5, 0.6) is 0 Å². The molecule has 288 valence electrons. The summed E-state index contributed by atoms with van der Waals surface area (Å²) in [5, 5.41) is 2.83. The number of ether oxygens (including phenoxy) is 2. The van der Waals surface area contributed by atoms with Crippen molar-refractivity contribution >= 4 is 12.1 Å². The van der Waals surface area contributed by atoms with Gasteiger partial charge in [-0.05, 0) is 85.0 Å². The van der Waals surface area contributed by atoms with Crippen molar-refractivity contribution in [1.82, 2.24) is 15.1 Å². The van der Waals surface area contributed by atoms with E-state index in [1.165, 1.54) is 109 Å². The van der Waals surface area contributed by atoms with Gasteiger partial charge in [0.15, 0.2) is 0 Å². The second kappa shape index (κ2) is 38.9. The van der Waals surface area contributed by atoms with Gasteiger partial charge in [-0.2, -0.15) is 0 Å². The normalized spacial score (nSPS) is 11.8. The zero-order valence-corrected chi connectivity index (χ0v) is 33.0. The fourth-order valence-corrected chi connectivity index (χ4v) is 5.81. The predicted octanol–water partition coefficient (Wildman–Crippen LogP) is 11.0. The first-order valence-corrected chi connectivity index (χ1v) is 20.7. The highest BCUT2D eigenvalue weighted by atomic mass is 16.5. The summed E-state index contributed by atoms with van der Waals surface area (Å²) >= 11 is 0. The molecule has 0 aliphatic heterocycles. The molecular weight excluding hydrogens is 610 g/mol. The fourth-order valence-electron chi connectivity index (χ4n) is 5.81. The molecule has 0 aliphatic carbocycles. The molecule has 7 heteroatoms. The number of carbonyl (C=O) groups excluding carboxylic acids is 2. The van der Waals surface area contributed by atoms with Gasteiger partial charge in [-0.3, -0.25) is 9.69 Å². The number of alkyl carbamates (subject to hydrolysis) is 1. The predicted molar refractivity (Wildman–Crippen MR) is 210 cm³/mol. The van der Waals surface area contributed by atoms with Crippen LogP contribution in [0.15, 0.2) is 24.3 Å². The Morgan fingerprint density at radius 2 is 1.04 bits per heavy atom. The number of nitrogens with zero attached hydrogens (tertiary/aromatic N) is 2. The zero-order valence-electron chi connectivity index (χ0n) is 33.0. The topological polar surface area (TPSA) is 71.1 Å². The number of rotatable bonds is 37. The summed E-state index contributed by atoms with van der Waals surface area (Å²) in [6.07, 6.45) is 38.8. The van der Waals surface area contributed by atoms with Crippen LogP contribution in [0.1, 0.15) is 174 Å². The molecule has 0 aliphatic rings. The lowest BCUT2D eigenvalue weighted by molar-refractivity contribution is -0.143. The molecule has 0 spiro atoms. The minimum absolute atomic E-state index is 0.0313. The maximum Gasteiger partial charge on any atom is 0.407 e. The Bertz CT molecular complexity index is 771. The van der Waals surface area contributed by atoms with Crippen LogP contribution < -0.4 is 5.32 Å². The van der Waals surface area contributed by atoms with Gasteiger partial charge in [-0.25, -0.2) is 4.79 Å². The Kier molecular flexibility index (Phi) is 37.5. The molecule has 0 unspecified atom stereocenters. The van der Waals surface area contributed by atoms with Crippen molar-refractivity contribution < 1.29 is 19.1 Å². The number of esters is 1. The molecule has 49 heavy (non-hydrogen) atoms. The Morgan fingerprint density at radius 1 is 0.531 bits per heavy atom. The first kappa shape index (κ1) is 47.1. The first-order valence-electron chi connectivity index (χ1n) is 20.7. The van der Waals surface area contributed by atoms with Crippen molar-refractivity contribution in [2.75, 3.05) is 60.0 Å². The van der Waals surface area contributed by atoms with Crippen molar-refractivity contribution in [3.8, 4) is 0 Å². The van der Waals surface area contributed by atoms with Crippen LogP contribution in [-0.4, -0.2) is 81.9 Å². The molecule has 0 aromatic heterocycles. The summed E-state index contributed by atoms with van der Waals surface area (Å²) in [6, 6.07) is 0. The number of hydrogen-bond acceptors (Lipinski definition) is 6. The van der Waals surface area contributed by atoms with Crippen molar-refractivity contribution in [1.29, 1.82) is 0 Å². The van der Waals surface area contributed by atoms with Crippen LogP contribution in [0, 0.1) is 0 Å². The summed E-state index contributed by atoms with van der Waals surface area (Å²) < 4.78 is 10.9. The fraction of sp³-hybridized carbons (Fsp3) is 0.857. The number of unbranched alkanes of at least 4 members (excludes halogenated alkanes) is 19. The van der Waals surface area contributed by atoms with E-state index in [4.69, 9.17) is 9.47 Å². The van der Waals surface area contributed by atoms with Gasteiger partial charge in [0.05, 0.1) is 6.61 Å². The van der Waals surface area contributed by atoms with Gasteiger partial charge in [0, 0.05) is 26.1 Å². The molecule has 0 bridgehead atoms. The van der Waals surface area contributed by atoms with Crippen LogP contribution in [0.25, 0.3) is 0 Å². The maximum atomic E-state index is 12.1. The standard InChI is InChI=1S/C42H81N3O4/c1-5-7-9-11-13-15-16-17-18-19-20-21-22-24-26-30-35-45(38-40-49-42(47)43-34-37-44(3)4)36-31-27-28-32-39-48-41(46)33-29-25-23-14-12-10-8-6-2/h13,15,17-18H,5-12,14,16,19-40H2,1-4H3,(H,43,47)/b15-13-,18-17-. The van der Waals surface area contributed by atoms with Gasteiger partial charge >= 0.3 is 12.1 Å². The van der Waals surface area contributed by atoms with Crippen LogP contribution in [-0.2, 0) is 14.3 Å². The third-order valence-electron chi connectivity index (χ3n) is 9.01. The highest BCUT2D eigenvalue weighted by Gasteiger charge is 2.08. The lowest BCUT2D eigenvalue weighted by Crippen LogP contribution is -2.35. The van der Waals surface area contributed by atoms with Gasteiger partial charge in [0.25, 0.3) is 0 Å². The summed E-state index contributed by atoms with van der Waals surface area (Å²) in [7, 11) is 3.98. The second-order valence-electron chi connectivity index (χ2n) is 14.2. The Labute approximate surface area is 304 Å². The molecule has 0 atom stereocenters. The smallest absolute Gasteiger partial charge is 0.407 e. The minimum atomic E-state index is -0.326. The van der Waals surface area contributed by atoms with E-state index in [-0.39, 0.29) is 12.1 Å². The van der Waals surface area contributed by atoms with E-state index in [0.29, 0.717) is 26.2 Å². The highest BCUT2D eigenvalue weighted by molar-refractivity contribution is 5.69. The zero-order chi connectivity index (χ0) is 35.9. The lowest BCUT2D eigenvalue weighted by atomic mass is 10.1. The molecule has 0 heterocycles. The summed E-state index contributed by atoms with van der Waals surface area (Å²) in [5.41, 5.74) is 0. The number of allylic oxidation sites excluding steroid dienone is 4. The van der Waals surface area contributed by atoms with Gasteiger partial charge in [-0.1, -0.05) is 134 Å². The van der Waals surface area contributed by atoms with Gasteiger partial charge in [0.2, 0.25) is 0 Å². The highest BCUT2D eigenvalue weighted by Crippen LogP contribution is 2.12. The molecule has 0 aromatic carbocycles. The van der Waals surface area contributed by atoms with Gasteiger partial charge in [0.1, 0.15) is 6.61 Å². The average Bonchev–Trinajstić information content (AvgIpc) is 3.08. The van der Waals surface area contributed by atoms with E-state index in [9.17, 15) is 9.59 Å². The summed E-state index contributed by atoms with van der Waals surface area (Å²) in [5.74, 6) is -0.0313. The number of hydrogen-bond donors (Lipinski definition) is 1. The second-order valence-corrected chi connectivity index (χ2v) is 14.2. The summed E-state index contributed by atoms with van der Waals surface area (Å²) in [4.78, 5) is 28.6. The Balaban J connectivity index is 4.09. The van der Waals surface area contributed by atoms with E-state index in [1.807, 2.05) is 19.0 Å². The molecule has 0 aromatic rings. The minimum Gasteiger partial charge on any atom is -0.466 e. The average molecular weight is 692 g/mol. The lowest BCUT2D eigenvalue weighted by Gasteiger charge is -2.22. The van der Waals surface area contributed by atoms with E-state index in [2.05, 4.69) is 48.4 Å².